The lowest BCUT2D eigenvalue weighted by Gasteiger charge is -2.31. The Morgan fingerprint density at radius 2 is 1.74 bits per heavy atom. The van der Waals surface area contributed by atoms with Crippen LogP contribution in [-0.2, 0) is 11.3 Å². The van der Waals surface area contributed by atoms with E-state index in [1.54, 1.807) is 36.4 Å². The first-order valence-corrected chi connectivity index (χ1v) is 15.0. The van der Waals surface area contributed by atoms with Gasteiger partial charge >= 0.3 is 0 Å². The third-order valence-electron chi connectivity index (χ3n) is 7.88. The predicted octanol–water partition coefficient (Wildman–Crippen LogP) is 7.88. The Hall–Kier alpha value is -5.16. The smallest absolute Gasteiger partial charge is 0.253 e. The number of aromatic nitrogens is 1. The van der Waals surface area contributed by atoms with Crippen molar-refractivity contribution in [2.24, 2.45) is 0 Å². The van der Waals surface area contributed by atoms with Crippen LogP contribution in [0.2, 0.25) is 5.02 Å². The van der Waals surface area contributed by atoms with E-state index in [4.69, 9.17) is 21.8 Å². The van der Waals surface area contributed by atoms with Crippen LogP contribution in [0, 0.1) is 11.6 Å². The van der Waals surface area contributed by atoms with Gasteiger partial charge in [-0.2, -0.15) is 0 Å². The Morgan fingerprint density at radius 1 is 0.957 bits per heavy atom. The number of hydrogen-bond donors (Lipinski definition) is 2. The average Bonchev–Trinajstić information content (AvgIpc) is 3.47. The van der Waals surface area contributed by atoms with Crippen molar-refractivity contribution in [1.82, 2.24) is 15.2 Å². The Bertz CT molecular complexity index is 2020. The zero-order valence-corrected chi connectivity index (χ0v) is 25.5. The number of carbonyl (C=O) groups is 2. The number of nitrogens with zero attached hydrogens (tertiary/aromatic N) is 2. The number of piperidine rings is 1. The van der Waals surface area contributed by atoms with Crippen LogP contribution < -0.4 is 11.1 Å². The lowest BCUT2D eigenvalue weighted by molar-refractivity contribution is -0.116. The molecule has 3 N–H and O–H groups in total. The largest absolute Gasteiger partial charge is 0.459 e. The van der Waals surface area contributed by atoms with Crippen molar-refractivity contribution in [3.8, 4) is 22.3 Å². The van der Waals surface area contributed by atoms with Crippen LogP contribution in [0.3, 0.4) is 0 Å². The fourth-order valence-electron chi connectivity index (χ4n) is 5.35. The summed E-state index contributed by atoms with van der Waals surface area (Å²) in [6.07, 6.45) is 3.58. The summed E-state index contributed by atoms with van der Waals surface area (Å²) < 4.78 is 62.9. The highest BCUT2D eigenvalue weighted by Crippen LogP contribution is 2.38. The quantitative estimate of drug-likeness (QED) is 0.136. The lowest BCUT2D eigenvalue weighted by atomic mass is 9.95. The molecule has 3 aromatic carbocycles. The number of hydrogen-bond acceptors (Lipinski definition) is 5. The van der Waals surface area contributed by atoms with Gasteiger partial charge in [0.1, 0.15) is 28.8 Å². The molecule has 47 heavy (non-hydrogen) atoms. The summed E-state index contributed by atoms with van der Waals surface area (Å²) >= 11 is 6.09. The van der Waals surface area contributed by atoms with Gasteiger partial charge in [-0.25, -0.2) is 22.5 Å². The molecule has 0 spiro atoms. The van der Waals surface area contributed by atoms with Crippen molar-refractivity contribution < 1.29 is 31.6 Å². The van der Waals surface area contributed by atoms with Crippen molar-refractivity contribution in [2.45, 2.75) is 25.3 Å². The molecule has 12 heteroatoms. The molecule has 6 rings (SSSR count). The van der Waals surface area contributed by atoms with E-state index in [1.807, 2.05) is 0 Å². The molecule has 2 aromatic heterocycles. The second kappa shape index (κ2) is 12.9. The highest BCUT2D eigenvalue weighted by molar-refractivity contribution is 6.31. The van der Waals surface area contributed by atoms with Crippen molar-refractivity contribution in [3.05, 3.63) is 113 Å². The van der Waals surface area contributed by atoms with Gasteiger partial charge in [0.05, 0.1) is 11.6 Å². The molecule has 1 saturated heterocycles. The minimum Gasteiger partial charge on any atom is -0.459 e. The predicted molar refractivity (Wildman–Crippen MR) is 172 cm³/mol. The molecule has 1 fully saturated rings. The average molecular weight is 663 g/mol. The molecule has 0 saturated carbocycles. The molecule has 5 aromatic rings. The number of nitrogen functional groups attached to an aromatic ring is 1. The normalized spacial score (nSPS) is 14.5. The minimum absolute atomic E-state index is 0.0321. The van der Waals surface area contributed by atoms with Gasteiger partial charge in [0, 0.05) is 60.3 Å². The van der Waals surface area contributed by atoms with E-state index in [2.05, 4.69) is 10.3 Å². The maximum atomic E-state index is 15.6. The van der Waals surface area contributed by atoms with E-state index < -0.39 is 36.3 Å². The topological polar surface area (TPSA) is 101 Å². The number of fused-ring (bicyclic) bond motifs is 1. The van der Waals surface area contributed by atoms with Crippen LogP contribution >= 0.6 is 11.6 Å². The van der Waals surface area contributed by atoms with Crippen molar-refractivity contribution in [3.63, 3.8) is 0 Å². The first-order valence-electron chi connectivity index (χ1n) is 14.6. The molecule has 2 amide bonds. The number of pyridine rings is 1. The van der Waals surface area contributed by atoms with Gasteiger partial charge in [0.2, 0.25) is 5.91 Å². The van der Waals surface area contributed by atoms with E-state index in [-0.39, 0.29) is 41.7 Å². The Balaban J connectivity index is 1.29. The van der Waals surface area contributed by atoms with Gasteiger partial charge in [0.15, 0.2) is 0 Å². The standard InChI is InChI=1S/C35H27ClF4N4O3/c36-28-16-21(4-6-29(28)37)27-15-23(26-5-3-22(17-30(26)38)34(46)44-11-9-35(39,40)10-12-44)13-24-14-25(47-33(24)27)19-43-32(45)8-2-20-1-7-31(41)42-18-20/h1-8,13-18H,9-12,19H2,(H2,41,42)(H,43,45)/b8-2+. The van der Waals surface area contributed by atoms with Gasteiger partial charge in [-0.15, -0.1) is 0 Å². The number of benzene rings is 3. The van der Waals surface area contributed by atoms with Crippen molar-refractivity contribution in [2.75, 3.05) is 18.8 Å². The minimum atomic E-state index is -2.82. The van der Waals surface area contributed by atoms with E-state index in [9.17, 15) is 22.8 Å². The van der Waals surface area contributed by atoms with Gasteiger partial charge in [0.25, 0.3) is 11.8 Å². The summed E-state index contributed by atoms with van der Waals surface area (Å²) in [5.74, 6) is -4.27. The maximum absolute atomic E-state index is 15.6. The number of nitrogens with one attached hydrogen (secondary N) is 1. The number of nitrogens with two attached hydrogens (primary N) is 1. The van der Waals surface area contributed by atoms with Gasteiger partial charge in [-0.05, 0) is 77.4 Å². The van der Waals surface area contributed by atoms with Crippen LogP contribution in [0.5, 0.6) is 0 Å². The number of alkyl halides is 2. The monoisotopic (exact) mass is 662 g/mol. The molecule has 1 aliphatic rings. The summed E-state index contributed by atoms with van der Waals surface area (Å²) in [5, 5.41) is 3.20. The van der Waals surface area contributed by atoms with Crippen LogP contribution in [0.4, 0.5) is 23.4 Å². The molecule has 0 atom stereocenters. The van der Waals surface area contributed by atoms with Gasteiger partial charge in [-0.3, -0.25) is 9.59 Å². The van der Waals surface area contributed by atoms with Crippen LogP contribution in [0.25, 0.3) is 39.3 Å². The molecule has 0 bridgehead atoms. The van der Waals surface area contributed by atoms with Crippen LogP contribution in [0.1, 0.15) is 34.5 Å². The van der Waals surface area contributed by atoms with E-state index in [0.29, 0.717) is 44.8 Å². The lowest BCUT2D eigenvalue weighted by Crippen LogP contribution is -2.42. The highest BCUT2D eigenvalue weighted by atomic mass is 35.5. The fraction of sp³-hybridized carbons (Fsp3) is 0.171. The van der Waals surface area contributed by atoms with Crippen molar-refractivity contribution in [1.29, 1.82) is 0 Å². The summed E-state index contributed by atoms with van der Waals surface area (Å²) in [5.41, 5.74) is 8.31. The third kappa shape index (κ3) is 7.15. The molecule has 240 valence electrons. The first kappa shape index (κ1) is 31.8. The molecule has 3 heterocycles. The number of likely N-dealkylation sites (tertiary alicyclic amines) is 1. The second-order valence-electron chi connectivity index (χ2n) is 11.2. The Labute approximate surface area is 271 Å². The van der Waals surface area contributed by atoms with Crippen LogP contribution in [0.15, 0.2) is 83.4 Å². The molecule has 7 nitrogen and oxygen atoms in total. The SMILES string of the molecule is Nc1ccc(/C=C/C(=O)NCc2cc3cc(-c4ccc(C(=O)N5CCC(F)(F)CC5)cc4F)cc(-c4ccc(F)c(Cl)c4)c3o2)cn1. The van der Waals surface area contributed by atoms with Crippen molar-refractivity contribution >= 4 is 46.3 Å². The zero-order chi connectivity index (χ0) is 33.3. The number of furan rings is 1. The van der Waals surface area contributed by atoms with E-state index in [1.165, 1.54) is 47.5 Å². The number of anilines is 1. The molecular formula is C35H27ClF4N4O3. The molecule has 0 unspecified atom stereocenters. The van der Waals surface area contributed by atoms with E-state index >= 15 is 4.39 Å². The Kier molecular flexibility index (Phi) is 8.74. The van der Waals surface area contributed by atoms with E-state index in [0.717, 1.165) is 6.07 Å². The summed E-state index contributed by atoms with van der Waals surface area (Å²) in [6.45, 7) is -0.200. The number of carbonyl (C=O) groups excluding carboxylic acids is 2. The highest BCUT2D eigenvalue weighted by Gasteiger charge is 2.36. The number of amides is 2. The second-order valence-corrected chi connectivity index (χ2v) is 11.6. The van der Waals surface area contributed by atoms with Gasteiger partial charge in [-0.1, -0.05) is 23.7 Å². The number of rotatable bonds is 7. The zero-order valence-electron chi connectivity index (χ0n) is 24.7. The summed E-state index contributed by atoms with van der Waals surface area (Å²) in [4.78, 5) is 30.7. The summed E-state index contributed by atoms with van der Waals surface area (Å²) in [7, 11) is 0. The first-order chi connectivity index (χ1) is 22.5. The number of halogens is 5. The molecule has 1 aliphatic heterocycles. The van der Waals surface area contributed by atoms with Crippen LogP contribution in [-0.4, -0.2) is 40.7 Å². The molecule has 0 radical (unpaired) electrons. The third-order valence-corrected chi connectivity index (χ3v) is 8.17. The molecule has 0 aliphatic carbocycles. The Morgan fingerprint density at radius 3 is 2.45 bits per heavy atom. The maximum Gasteiger partial charge on any atom is 0.253 e. The summed E-state index contributed by atoms with van der Waals surface area (Å²) in [6, 6.07) is 16.5. The molecular weight excluding hydrogens is 636 g/mol. The van der Waals surface area contributed by atoms with Gasteiger partial charge < -0.3 is 20.4 Å². The fourth-order valence-corrected chi connectivity index (χ4v) is 5.53.